The fourth-order valence-corrected chi connectivity index (χ4v) is 2.18. The van der Waals surface area contributed by atoms with E-state index in [2.05, 4.69) is 10.3 Å². The molecule has 0 bridgehead atoms. The van der Waals surface area contributed by atoms with Crippen LogP contribution in [-0.4, -0.2) is 19.7 Å². The number of halogens is 1. The van der Waals surface area contributed by atoms with Crippen LogP contribution < -0.4 is 15.8 Å². The lowest BCUT2D eigenvalue weighted by molar-refractivity contribution is 0.185. The van der Waals surface area contributed by atoms with Crippen LogP contribution in [0.3, 0.4) is 0 Å². The first-order valence-corrected chi connectivity index (χ1v) is 7.58. The fourth-order valence-electron chi connectivity index (χ4n) is 2.18. The molecular formula is C18H24IN3O2. The van der Waals surface area contributed by atoms with Crippen LogP contribution in [0.15, 0.2) is 53.5 Å². The van der Waals surface area contributed by atoms with Gasteiger partial charge in [-0.25, -0.2) is 4.99 Å². The van der Waals surface area contributed by atoms with E-state index in [1.165, 1.54) is 0 Å². The Hall–Kier alpha value is -1.80. The van der Waals surface area contributed by atoms with E-state index in [9.17, 15) is 0 Å². The molecule has 0 saturated heterocycles. The lowest BCUT2D eigenvalue weighted by atomic mass is 10.2. The van der Waals surface area contributed by atoms with Gasteiger partial charge in [0, 0.05) is 18.4 Å². The van der Waals surface area contributed by atoms with Gasteiger partial charge in [0.15, 0.2) is 5.96 Å². The van der Waals surface area contributed by atoms with Crippen LogP contribution in [0.1, 0.15) is 18.1 Å². The van der Waals surface area contributed by atoms with Crippen molar-refractivity contribution in [2.24, 2.45) is 10.7 Å². The first kappa shape index (κ1) is 20.2. The molecule has 0 heterocycles. The zero-order valence-corrected chi connectivity index (χ0v) is 16.3. The molecular weight excluding hydrogens is 417 g/mol. The van der Waals surface area contributed by atoms with Gasteiger partial charge in [0.1, 0.15) is 5.75 Å². The molecule has 0 aliphatic rings. The molecule has 2 aromatic rings. The Morgan fingerprint density at radius 1 is 1.17 bits per heavy atom. The predicted octanol–water partition coefficient (Wildman–Crippen LogP) is 3.78. The largest absolute Gasteiger partial charge is 0.494 e. The molecule has 2 rings (SSSR count). The summed E-state index contributed by atoms with van der Waals surface area (Å²) in [5, 5.41) is 3.12. The summed E-state index contributed by atoms with van der Waals surface area (Å²) in [6, 6.07) is 15.7. The number of rotatable bonds is 7. The number of guanidine groups is 1. The molecule has 0 fully saturated rings. The van der Waals surface area contributed by atoms with Crippen molar-refractivity contribution < 1.29 is 9.47 Å². The van der Waals surface area contributed by atoms with Crippen molar-refractivity contribution in [3.05, 3.63) is 59.7 Å². The van der Waals surface area contributed by atoms with E-state index in [1.54, 1.807) is 7.11 Å². The Labute approximate surface area is 160 Å². The molecule has 5 nitrogen and oxygen atoms in total. The molecule has 24 heavy (non-hydrogen) atoms. The highest BCUT2D eigenvalue weighted by molar-refractivity contribution is 14.0. The van der Waals surface area contributed by atoms with Crippen molar-refractivity contribution in [2.75, 3.05) is 19.0 Å². The highest BCUT2D eigenvalue weighted by atomic mass is 127. The standard InChI is InChI=1S/C18H23N3O2.HI/c1-3-23-16-9-6-7-14(11-16)12-20-18(19)21-17-10-5-4-8-15(17)13-22-2;/h4-11H,3,12-13H2,1-2H3,(H3,19,20,21);1H. The lowest BCUT2D eigenvalue weighted by Crippen LogP contribution is -2.23. The summed E-state index contributed by atoms with van der Waals surface area (Å²) in [5.74, 6) is 1.22. The van der Waals surface area contributed by atoms with Gasteiger partial charge < -0.3 is 20.5 Å². The number of methoxy groups -OCH3 is 1. The summed E-state index contributed by atoms with van der Waals surface area (Å²) in [7, 11) is 1.67. The van der Waals surface area contributed by atoms with Crippen molar-refractivity contribution in [3.63, 3.8) is 0 Å². The summed E-state index contributed by atoms with van der Waals surface area (Å²) in [5.41, 5.74) is 8.96. The van der Waals surface area contributed by atoms with Gasteiger partial charge in [-0.3, -0.25) is 0 Å². The smallest absolute Gasteiger partial charge is 0.193 e. The molecule has 6 heteroatoms. The predicted molar refractivity (Wildman–Crippen MR) is 109 cm³/mol. The number of benzene rings is 2. The second kappa shape index (κ2) is 10.9. The second-order valence-corrected chi connectivity index (χ2v) is 5.00. The monoisotopic (exact) mass is 441 g/mol. The van der Waals surface area contributed by atoms with E-state index < -0.39 is 0 Å². The maximum absolute atomic E-state index is 5.98. The first-order chi connectivity index (χ1) is 11.2. The van der Waals surface area contributed by atoms with E-state index in [4.69, 9.17) is 15.2 Å². The molecule has 2 aromatic carbocycles. The van der Waals surface area contributed by atoms with Gasteiger partial charge in [0.2, 0.25) is 0 Å². The lowest BCUT2D eigenvalue weighted by Gasteiger charge is -2.11. The summed E-state index contributed by atoms with van der Waals surface area (Å²) < 4.78 is 10.7. The van der Waals surface area contributed by atoms with Crippen molar-refractivity contribution in [1.29, 1.82) is 0 Å². The van der Waals surface area contributed by atoms with Crippen molar-refractivity contribution in [1.82, 2.24) is 0 Å². The second-order valence-electron chi connectivity index (χ2n) is 5.00. The Morgan fingerprint density at radius 2 is 1.96 bits per heavy atom. The molecule has 3 N–H and O–H groups in total. The van der Waals surface area contributed by atoms with Crippen LogP contribution in [0.25, 0.3) is 0 Å². The molecule has 0 spiro atoms. The summed E-state index contributed by atoms with van der Waals surface area (Å²) in [4.78, 5) is 4.38. The van der Waals surface area contributed by atoms with Crippen LogP contribution in [0.2, 0.25) is 0 Å². The number of nitrogens with two attached hydrogens (primary N) is 1. The minimum atomic E-state index is 0. The zero-order valence-electron chi connectivity index (χ0n) is 14.0. The van der Waals surface area contributed by atoms with Crippen LogP contribution in [0.4, 0.5) is 5.69 Å². The average molecular weight is 441 g/mol. The Balaban J connectivity index is 0.00000288. The molecule has 0 unspecified atom stereocenters. The van der Waals surface area contributed by atoms with Crippen molar-refractivity contribution >= 4 is 35.6 Å². The summed E-state index contributed by atoms with van der Waals surface area (Å²) in [6.07, 6.45) is 0. The van der Waals surface area contributed by atoms with E-state index in [0.29, 0.717) is 25.7 Å². The third kappa shape index (κ3) is 6.37. The quantitative estimate of drug-likeness (QED) is 0.390. The number of hydrogen-bond donors (Lipinski definition) is 2. The van der Waals surface area contributed by atoms with Gasteiger partial charge >= 0.3 is 0 Å². The number of aliphatic imine (C=N–C) groups is 1. The number of anilines is 1. The van der Waals surface area contributed by atoms with E-state index >= 15 is 0 Å². The fraction of sp³-hybridized carbons (Fsp3) is 0.278. The third-order valence-corrected chi connectivity index (χ3v) is 3.22. The highest BCUT2D eigenvalue weighted by Crippen LogP contribution is 2.16. The molecule has 0 amide bonds. The van der Waals surface area contributed by atoms with Gasteiger partial charge in [0.05, 0.1) is 19.8 Å². The minimum Gasteiger partial charge on any atom is -0.494 e. The minimum absolute atomic E-state index is 0. The number of nitrogens with zero attached hydrogens (tertiary/aromatic N) is 1. The van der Waals surface area contributed by atoms with Gasteiger partial charge in [-0.15, -0.1) is 24.0 Å². The normalized spacial score (nSPS) is 10.8. The number of para-hydroxylation sites is 1. The van der Waals surface area contributed by atoms with Crippen LogP contribution in [0, 0.1) is 0 Å². The van der Waals surface area contributed by atoms with Gasteiger partial charge in [-0.05, 0) is 30.7 Å². The number of ether oxygens (including phenoxy) is 2. The Morgan fingerprint density at radius 3 is 2.71 bits per heavy atom. The van der Waals surface area contributed by atoms with Crippen molar-refractivity contribution in [3.8, 4) is 5.75 Å². The highest BCUT2D eigenvalue weighted by Gasteiger charge is 2.02. The Kier molecular flexibility index (Phi) is 9.18. The SMILES string of the molecule is CCOc1cccc(CN=C(N)Nc2ccccc2COC)c1.I. The zero-order chi connectivity index (χ0) is 16.5. The summed E-state index contributed by atoms with van der Waals surface area (Å²) in [6.45, 7) is 3.62. The van der Waals surface area contributed by atoms with E-state index in [1.807, 2.05) is 55.5 Å². The molecule has 0 radical (unpaired) electrons. The van der Waals surface area contributed by atoms with E-state index in [0.717, 1.165) is 22.6 Å². The van der Waals surface area contributed by atoms with Crippen LogP contribution in [0.5, 0.6) is 5.75 Å². The third-order valence-electron chi connectivity index (χ3n) is 3.22. The number of nitrogens with one attached hydrogen (secondary N) is 1. The molecule has 0 saturated carbocycles. The molecule has 0 aromatic heterocycles. The topological polar surface area (TPSA) is 68.9 Å². The van der Waals surface area contributed by atoms with E-state index in [-0.39, 0.29) is 24.0 Å². The molecule has 0 aliphatic carbocycles. The number of hydrogen-bond acceptors (Lipinski definition) is 3. The maximum atomic E-state index is 5.98. The Bertz CT molecular complexity index is 662. The molecule has 130 valence electrons. The van der Waals surface area contributed by atoms with Gasteiger partial charge in [-0.2, -0.15) is 0 Å². The van der Waals surface area contributed by atoms with Crippen molar-refractivity contribution in [2.45, 2.75) is 20.1 Å². The van der Waals surface area contributed by atoms with Crippen LogP contribution in [-0.2, 0) is 17.9 Å². The van der Waals surface area contributed by atoms with Gasteiger partial charge in [-0.1, -0.05) is 30.3 Å². The van der Waals surface area contributed by atoms with Crippen LogP contribution >= 0.6 is 24.0 Å². The molecule has 0 atom stereocenters. The average Bonchev–Trinajstić information content (AvgIpc) is 2.56. The molecule has 0 aliphatic heterocycles. The maximum Gasteiger partial charge on any atom is 0.193 e. The first-order valence-electron chi connectivity index (χ1n) is 7.58. The van der Waals surface area contributed by atoms with Gasteiger partial charge in [0.25, 0.3) is 0 Å². The summed E-state index contributed by atoms with van der Waals surface area (Å²) >= 11 is 0.